The van der Waals surface area contributed by atoms with Gasteiger partial charge in [-0.25, -0.2) is 4.39 Å². The van der Waals surface area contributed by atoms with Crippen molar-refractivity contribution in [1.29, 1.82) is 0 Å². The predicted octanol–water partition coefficient (Wildman–Crippen LogP) is 1.76. The molecule has 1 N–H and O–H groups in total. The third-order valence-corrected chi connectivity index (χ3v) is 2.20. The normalized spacial score (nSPS) is 10.9. The summed E-state index contributed by atoms with van der Waals surface area (Å²) in [6, 6.07) is 2.54. The summed E-state index contributed by atoms with van der Waals surface area (Å²) < 4.78 is 25.6. The summed E-state index contributed by atoms with van der Waals surface area (Å²) in [5, 5.41) is 0.394. The maximum atomic E-state index is 12.9. The van der Waals surface area contributed by atoms with Crippen molar-refractivity contribution in [2.24, 2.45) is 0 Å². The maximum Gasteiger partial charge on any atom is 0.252 e. The van der Waals surface area contributed by atoms with Crippen LogP contribution in [0.5, 0.6) is 0 Å². The first-order valence-electron chi connectivity index (χ1n) is 4.49. The zero-order chi connectivity index (χ0) is 11.0. The Kier molecular flexibility index (Phi) is 2.22. The molecule has 0 amide bonds. The van der Waals surface area contributed by atoms with Crippen molar-refractivity contribution in [3.63, 3.8) is 0 Å². The monoisotopic (exact) mass is 210 g/mol. The van der Waals surface area contributed by atoms with Crippen molar-refractivity contribution in [2.75, 3.05) is 0 Å². The number of halogens is 2. The molecular formula is C10H8F2N2O. The van der Waals surface area contributed by atoms with Crippen LogP contribution < -0.4 is 5.56 Å². The van der Waals surface area contributed by atoms with Gasteiger partial charge in [-0.3, -0.25) is 4.79 Å². The van der Waals surface area contributed by atoms with Gasteiger partial charge in [-0.2, -0.15) is 9.37 Å². The number of pyridine rings is 2. The minimum Gasteiger partial charge on any atom is -0.306 e. The highest BCUT2D eigenvalue weighted by Crippen LogP contribution is 2.12. The van der Waals surface area contributed by atoms with Gasteiger partial charge in [-0.15, -0.1) is 0 Å². The Morgan fingerprint density at radius 2 is 2.13 bits per heavy atom. The van der Waals surface area contributed by atoms with Gasteiger partial charge >= 0.3 is 0 Å². The molecule has 5 heteroatoms. The predicted molar refractivity (Wildman–Crippen MR) is 51.7 cm³/mol. The molecule has 2 aromatic heterocycles. The van der Waals surface area contributed by atoms with Crippen LogP contribution in [0.3, 0.4) is 0 Å². The first kappa shape index (κ1) is 9.76. The molecule has 0 aliphatic heterocycles. The lowest BCUT2D eigenvalue weighted by molar-refractivity contribution is 0.483. The molecule has 0 radical (unpaired) electrons. The lowest BCUT2D eigenvalue weighted by Gasteiger charge is -2.00. The molecule has 2 aromatic rings. The Morgan fingerprint density at radius 3 is 2.80 bits per heavy atom. The van der Waals surface area contributed by atoms with Gasteiger partial charge in [0.2, 0.25) is 0 Å². The highest BCUT2D eigenvalue weighted by molar-refractivity contribution is 5.74. The first-order chi connectivity index (χ1) is 7.11. The molecule has 2 heterocycles. The molecule has 0 fully saturated rings. The zero-order valence-corrected chi connectivity index (χ0v) is 7.97. The van der Waals surface area contributed by atoms with Crippen LogP contribution in [-0.4, -0.2) is 9.97 Å². The second kappa shape index (κ2) is 3.42. The molecule has 0 saturated carbocycles. The maximum absolute atomic E-state index is 12.9. The summed E-state index contributed by atoms with van der Waals surface area (Å²) >= 11 is 0. The highest BCUT2D eigenvalue weighted by atomic mass is 19.2. The standard InChI is InChI=1S/C10H8F2N2O/c1-2-5-3-6-4-7(11)8(12)13-9(6)14-10(5)15/h3-4H,2H2,1H3,(H,13,14,15). The van der Waals surface area contributed by atoms with E-state index in [0.29, 0.717) is 17.4 Å². The number of nitrogens with zero attached hydrogens (tertiary/aromatic N) is 1. The average molecular weight is 210 g/mol. The van der Waals surface area contributed by atoms with E-state index in [-0.39, 0.29) is 11.2 Å². The molecule has 0 aliphatic carbocycles. The quantitative estimate of drug-likeness (QED) is 0.729. The molecule has 0 aliphatic rings. The Bertz CT molecular complexity index is 577. The zero-order valence-electron chi connectivity index (χ0n) is 7.97. The molecule has 3 nitrogen and oxygen atoms in total. The van der Waals surface area contributed by atoms with Crippen molar-refractivity contribution >= 4 is 11.0 Å². The van der Waals surface area contributed by atoms with E-state index in [0.717, 1.165) is 6.07 Å². The van der Waals surface area contributed by atoms with Crippen LogP contribution in [0.4, 0.5) is 8.78 Å². The molecule has 0 atom stereocenters. The molecule has 0 unspecified atom stereocenters. The second-order valence-electron chi connectivity index (χ2n) is 3.18. The number of aromatic nitrogens is 2. The van der Waals surface area contributed by atoms with Gasteiger partial charge in [0, 0.05) is 10.9 Å². The number of aryl methyl sites for hydroxylation is 1. The van der Waals surface area contributed by atoms with Crippen LogP contribution in [0, 0.1) is 11.8 Å². The number of H-pyrrole nitrogens is 1. The average Bonchev–Trinajstić information content (AvgIpc) is 2.20. The minimum atomic E-state index is -1.21. The van der Waals surface area contributed by atoms with Gasteiger partial charge in [-0.1, -0.05) is 6.92 Å². The van der Waals surface area contributed by atoms with Gasteiger partial charge in [0.05, 0.1) is 0 Å². The van der Waals surface area contributed by atoms with E-state index < -0.39 is 11.8 Å². The van der Waals surface area contributed by atoms with Crippen LogP contribution in [0.1, 0.15) is 12.5 Å². The minimum absolute atomic E-state index is 0.0658. The molecule has 0 aromatic carbocycles. The summed E-state index contributed by atoms with van der Waals surface area (Å²) in [4.78, 5) is 17.1. The number of aromatic amines is 1. The van der Waals surface area contributed by atoms with Gasteiger partial charge in [0.25, 0.3) is 11.5 Å². The van der Waals surface area contributed by atoms with Crippen LogP contribution in [-0.2, 0) is 6.42 Å². The topological polar surface area (TPSA) is 45.8 Å². The van der Waals surface area contributed by atoms with E-state index in [4.69, 9.17) is 0 Å². The van der Waals surface area contributed by atoms with Gasteiger partial charge in [0.15, 0.2) is 5.82 Å². The van der Waals surface area contributed by atoms with Crippen molar-refractivity contribution in [3.05, 3.63) is 39.8 Å². The fourth-order valence-electron chi connectivity index (χ4n) is 1.39. The molecule has 15 heavy (non-hydrogen) atoms. The molecular weight excluding hydrogens is 202 g/mol. The molecule has 78 valence electrons. The third kappa shape index (κ3) is 1.60. The van der Waals surface area contributed by atoms with Gasteiger partial charge < -0.3 is 4.98 Å². The number of fused-ring (bicyclic) bond motifs is 1. The molecule has 0 spiro atoms. The molecule has 0 saturated heterocycles. The van der Waals surface area contributed by atoms with E-state index >= 15 is 0 Å². The Balaban J connectivity index is 2.82. The summed E-state index contributed by atoms with van der Waals surface area (Å²) in [5.74, 6) is -2.22. The lowest BCUT2D eigenvalue weighted by Crippen LogP contribution is -2.12. The lowest BCUT2D eigenvalue weighted by atomic mass is 10.2. The first-order valence-corrected chi connectivity index (χ1v) is 4.49. The second-order valence-corrected chi connectivity index (χ2v) is 3.18. The Labute approximate surface area is 83.8 Å². The number of rotatable bonds is 1. The van der Waals surface area contributed by atoms with Gasteiger partial charge in [0.1, 0.15) is 5.65 Å². The van der Waals surface area contributed by atoms with Crippen molar-refractivity contribution in [3.8, 4) is 0 Å². The summed E-state index contributed by atoms with van der Waals surface area (Å²) in [6.07, 6.45) is 0.532. The fourth-order valence-corrected chi connectivity index (χ4v) is 1.39. The summed E-state index contributed by atoms with van der Waals surface area (Å²) in [5.41, 5.74) is 0.273. The SMILES string of the molecule is CCc1cc2cc(F)c(F)nc2[nH]c1=O. The number of hydrogen-bond donors (Lipinski definition) is 1. The molecule has 0 bridgehead atoms. The fraction of sp³-hybridized carbons (Fsp3) is 0.200. The Hall–Kier alpha value is -1.78. The number of hydrogen-bond acceptors (Lipinski definition) is 2. The summed E-state index contributed by atoms with van der Waals surface area (Å²) in [7, 11) is 0. The molecule has 2 rings (SSSR count). The van der Waals surface area contributed by atoms with E-state index in [1.165, 1.54) is 6.07 Å². The highest BCUT2D eigenvalue weighted by Gasteiger charge is 2.08. The van der Waals surface area contributed by atoms with E-state index in [2.05, 4.69) is 9.97 Å². The van der Waals surface area contributed by atoms with Crippen molar-refractivity contribution < 1.29 is 8.78 Å². The largest absolute Gasteiger partial charge is 0.306 e. The third-order valence-electron chi connectivity index (χ3n) is 2.20. The van der Waals surface area contributed by atoms with Crippen LogP contribution in [0.25, 0.3) is 11.0 Å². The van der Waals surface area contributed by atoms with Gasteiger partial charge in [-0.05, 0) is 18.6 Å². The van der Waals surface area contributed by atoms with E-state index in [1.54, 1.807) is 0 Å². The van der Waals surface area contributed by atoms with Crippen LogP contribution >= 0.6 is 0 Å². The van der Waals surface area contributed by atoms with Crippen molar-refractivity contribution in [2.45, 2.75) is 13.3 Å². The number of nitrogens with one attached hydrogen (secondary N) is 1. The summed E-state index contributed by atoms with van der Waals surface area (Å²) in [6.45, 7) is 1.81. The van der Waals surface area contributed by atoms with Crippen molar-refractivity contribution in [1.82, 2.24) is 9.97 Å². The van der Waals surface area contributed by atoms with E-state index in [9.17, 15) is 13.6 Å². The van der Waals surface area contributed by atoms with Crippen LogP contribution in [0.15, 0.2) is 16.9 Å². The Morgan fingerprint density at radius 1 is 1.40 bits per heavy atom. The van der Waals surface area contributed by atoms with Crippen LogP contribution in [0.2, 0.25) is 0 Å². The smallest absolute Gasteiger partial charge is 0.252 e. The van der Waals surface area contributed by atoms with E-state index in [1.807, 2.05) is 6.92 Å².